The van der Waals surface area contributed by atoms with Gasteiger partial charge in [-0.05, 0) is 43.3 Å². The smallest absolute Gasteiger partial charge is 0.338 e. The van der Waals surface area contributed by atoms with Crippen molar-refractivity contribution in [3.05, 3.63) is 58.4 Å². The minimum Gasteiger partial charge on any atom is -0.462 e. The average molecular weight is 287 g/mol. The Bertz CT molecular complexity index is 689. The lowest BCUT2D eigenvalue weighted by Crippen LogP contribution is -2.05. The van der Waals surface area contributed by atoms with Gasteiger partial charge in [0, 0.05) is 17.4 Å². The number of benzene rings is 1. The molecule has 0 N–H and O–H groups in total. The molecule has 0 bridgehead atoms. The summed E-state index contributed by atoms with van der Waals surface area (Å²) in [7, 11) is 0. The highest BCUT2D eigenvalue weighted by Gasteiger charge is 2.06. The molecule has 5 heteroatoms. The fraction of sp³-hybridized carbons (Fsp3) is 0.133. The van der Waals surface area contributed by atoms with E-state index in [1.807, 2.05) is 0 Å². The molecule has 20 heavy (non-hydrogen) atoms. The number of aromatic nitrogens is 1. The summed E-state index contributed by atoms with van der Waals surface area (Å²) < 4.78 is 7.07. The molecule has 4 nitrogen and oxygen atoms in total. The Morgan fingerprint density at radius 3 is 2.60 bits per heavy atom. The van der Waals surface area contributed by atoms with Gasteiger partial charge >= 0.3 is 5.97 Å². The van der Waals surface area contributed by atoms with E-state index in [4.69, 9.17) is 17.0 Å². The first-order chi connectivity index (χ1) is 9.67. The largest absolute Gasteiger partial charge is 0.462 e. The number of hydrogen-bond donors (Lipinski definition) is 0. The van der Waals surface area contributed by atoms with Gasteiger partial charge < -0.3 is 9.30 Å². The predicted octanol–water partition coefficient (Wildman–Crippen LogP) is 3.20. The van der Waals surface area contributed by atoms with Crippen LogP contribution in [0.15, 0.2) is 42.6 Å². The van der Waals surface area contributed by atoms with Gasteiger partial charge in [0.25, 0.3) is 0 Å². The summed E-state index contributed by atoms with van der Waals surface area (Å²) in [5.41, 5.74) is 1.72. The molecule has 2 rings (SSSR count). The molecule has 0 aliphatic rings. The van der Waals surface area contributed by atoms with E-state index in [1.54, 1.807) is 54.1 Å². The van der Waals surface area contributed by atoms with Gasteiger partial charge in [0.05, 0.1) is 12.2 Å². The summed E-state index contributed by atoms with van der Waals surface area (Å²) in [6.07, 6.45) is 2.50. The number of aldehydes is 1. The van der Waals surface area contributed by atoms with Crippen LogP contribution in [0.2, 0.25) is 0 Å². The minimum atomic E-state index is -0.357. The van der Waals surface area contributed by atoms with Crippen molar-refractivity contribution in [3.63, 3.8) is 0 Å². The van der Waals surface area contributed by atoms with Gasteiger partial charge in [-0.3, -0.25) is 4.79 Å². The van der Waals surface area contributed by atoms with Gasteiger partial charge in [-0.15, -0.1) is 0 Å². The number of ether oxygens (including phenoxy) is 1. The van der Waals surface area contributed by atoms with E-state index in [1.165, 1.54) is 0 Å². The van der Waals surface area contributed by atoms with Crippen LogP contribution < -0.4 is 0 Å². The lowest BCUT2D eigenvalue weighted by Gasteiger charge is -2.08. The monoisotopic (exact) mass is 287 g/mol. The Kier molecular flexibility index (Phi) is 4.42. The van der Waals surface area contributed by atoms with E-state index >= 15 is 0 Å². The number of hydrogen-bond acceptors (Lipinski definition) is 4. The average Bonchev–Trinajstić information content (AvgIpc) is 2.48. The first-order valence-corrected chi connectivity index (χ1v) is 6.52. The van der Waals surface area contributed by atoms with Crippen molar-refractivity contribution in [3.8, 4) is 5.69 Å². The van der Waals surface area contributed by atoms with Crippen LogP contribution in [0.5, 0.6) is 0 Å². The van der Waals surface area contributed by atoms with Crippen LogP contribution in [0.25, 0.3) is 5.69 Å². The zero-order chi connectivity index (χ0) is 14.5. The maximum absolute atomic E-state index is 11.6. The van der Waals surface area contributed by atoms with Crippen LogP contribution in [0, 0.1) is 4.64 Å². The zero-order valence-electron chi connectivity index (χ0n) is 10.9. The molecule has 0 radical (unpaired) electrons. The van der Waals surface area contributed by atoms with Gasteiger partial charge in [-0.2, -0.15) is 0 Å². The molecule has 0 saturated heterocycles. The second-order valence-electron chi connectivity index (χ2n) is 4.02. The Hall–Kier alpha value is -2.27. The van der Waals surface area contributed by atoms with E-state index in [0.717, 1.165) is 12.0 Å². The second-order valence-corrected chi connectivity index (χ2v) is 4.41. The molecule has 102 valence electrons. The third-order valence-corrected chi connectivity index (χ3v) is 3.19. The summed E-state index contributed by atoms with van der Waals surface area (Å²) in [5, 5.41) is 0. The summed E-state index contributed by atoms with van der Waals surface area (Å²) in [6.45, 7) is 2.10. The van der Waals surface area contributed by atoms with Crippen molar-refractivity contribution in [2.24, 2.45) is 0 Å². The van der Waals surface area contributed by atoms with E-state index < -0.39 is 0 Å². The molecule has 1 heterocycles. The summed E-state index contributed by atoms with van der Waals surface area (Å²) in [6, 6.07) is 10.3. The highest BCUT2D eigenvalue weighted by Crippen LogP contribution is 2.13. The van der Waals surface area contributed by atoms with E-state index in [0.29, 0.717) is 22.4 Å². The van der Waals surface area contributed by atoms with Gasteiger partial charge in [-0.25, -0.2) is 4.79 Å². The van der Waals surface area contributed by atoms with Gasteiger partial charge in [-0.1, -0.05) is 12.2 Å². The summed E-state index contributed by atoms with van der Waals surface area (Å²) in [5.74, 6) is -0.357. The number of carbonyl (C=O) groups is 2. The quantitative estimate of drug-likeness (QED) is 0.492. The molecule has 0 amide bonds. The Morgan fingerprint density at radius 2 is 2.00 bits per heavy atom. The first-order valence-electron chi connectivity index (χ1n) is 6.11. The van der Waals surface area contributed by atoms with Gasteiger partial charge in [0.2, 0.25) is 0 Å². The SMILES string of the molecule is CCOC(=O)c1ccc(-n2cccc(C=O)c2=S)cc1. The van der Waals surface area contributed by atoms with Crippen molar-refractivity contribution >= 4 is 24.5 Å². The molecule has 0 fully saturated rings. The maximum Gasteiger partial charge on any atom is 0.338 e. The van der Waals surface area contributed by atoms with Crippen molar-refractivity contribution in [2.45, 2.75) is 6.92 Å². The molecule has 0 spiro atoms. The lowest BCUT2D eigenvalue weighted by molar-refractivity contribution is 0.0526. The molecule has 1 aromatic heterocycles. The maximum atomic E-state index is 11.6. The van der Waals surface area contributed by atoms with Crippen molar-refractivity contribution in [2.75, 3.05) is 6.61 Å². The topological polar surface area (TPSA) is 48.3 Å². The van der Waals surface area contributed by atoms with Crippen molar-refractivity contribution in [1.29, 1.82) is 0 Å². The highest BCUT2D eigenvalue weighted by atomic mass is 32.1. The molecule has 0 atom stereocenters. The Labute approximate surface area is 121 Å². The van der Waals surface area contributed by atoms with E-state index in [2.05, 4.69) is 0 Å². The summed E-state index contributed by atoms with van der Waals surface area (Å²) >= 11 is 5.24. The molecule has 1 aromatic carbocycles. The fourth-order valence-electron chi connectivity index (χ4n) is 1.78. The highest BCUT2D eigenvalue weighted by molar-refractivity contribution is 7.71. The standard InChI is InChI=1S/C15H13NO3S/c1-2-19-15(18)11-5-7-13(8-6-11)16-9-3-4-12(10-17)14(16)20/h3-10H,2H2,1H3. The van der Waals surface area contributed by atoms with Gasteiger partial charge in [0.15, 0.2) is 6.29 Å². The van der Waals surface area contributed by atoms with Crippen LogP contribution in [-0.2, 0) is 4.74 Å². The third kappa shape index (κ3) is 2.83. The van der Waals surface area contributed by atoms with Crippen LogP contribution >= 0.6 is 12.2 Å². The Balaban J connectivity index is 2.38. The third-order valence-electron chi connectivity index (χ3n) is 2.76. The molecule has 0 unspecified atom stereocenters. The van der Waals surface area contributed by atoms with E-state index in [9.17, 15) is 9.59 Å². The number of rotatable bonds is 4. The first kappa shape index (κ1) is 14.1. The van der Waals surface area contributed by atoms with Crippen molar-refractivity contribution in [1.82, 2.24) is 4.57 Å². The zero-order valence-corrected chi connectivity index (χ0v) is 11.7. The minimum absolute atomic E-state index is 0.340. The van der Waals surface area contributed by atoms with E-state index in [-0.39, 0.29) is 5.97 Å². The van der Waals surface area contributed by atoms with Crippen LogP contribution in [0.4, 0.5) is 0 Å². The summed E-state index contributed by atoms with van der Waals surface area (Å²) in [4.78, 5) is 22.4. The lowest BCUT2D eigenvalue weighted by atomic mass is 10.2. The molecule has 0 aliphatic carbocycles. The number of esters is 1. The number of carbonyl (C=O) groups excluding carboxylic acids is 2. The van der Waals surface area contributed by atoms with Crippen LogP contribution in [0.1, 0.15) is 27.6 Å². The number of nitrogens with zero attached hydrogens (tertiary/aromatic N) is 1. The van der Waals surface area contributed by atoms with Gasteiger partial charge in [0.1, 0.15) is 4.64 Å². The molecule has 2 aromatic rings. The fourth-order valence-corrected chi connectivity index (χ4v) is 2.06. The molecular weight excluding hydrogens is 274 g/mol. The normalized spacial score (nSPS) is 10.1. The molecular formula is C15H13NO3S. The Morgan fingerprint density at radius 1 is 1.30 bits per heavy atom. The number of pyridine rings is 1. The van der Waals surface area contributed by atoms with Crippen LogP contribution in [0.3, 0.4) is 0 Å². The molecule has 0 aliphatic heterocycles. The predicted molar refractivity (Wildman–Crippen MR) is 77.9 cm³/mol. The van der Waals surface area contributed by atoms with Crippen LogP contribution in [-0.4, -0.2) is 23.4 Å². The molecule has 0 saturated carbocycles. The second kappa shape index (κ2) is 6.25. The van der Waals surface area contributed by atoms with Crippen molar-refractivity contribution < 1.29 is 14.3 Å².